The minimum atomic E-state index is -5.78. The van der Waals surface area contributed by atoms with Gasteiger partial charge in [-0.25, -0.2) is 4.98 Å². The number of H-pyrrole nitrogens is 2. The van der Waals surface area contributed by atoms with Crippen molar-refractivity contribution < 1.29 is 77.0 Å². The van der Waals surface area contributed by atoms with E-state index in [9.17, 15) is 59.1 Å². The number of nitrogens with one attached hydrogen (secondary N) is 3. The van der Waals surface area contributed by atoms with E-state index >= 15 is 0 Å². The van der Waals surface area contributed by atoms with Crippen molar-refractivity contribution >= 4 is 154 Å². The molecule has 1 atom stereocenters. The number of ether oxygens (including phenoxy) is 1. The third-order valence-electron chi connectivity index (χ3n) is 18.5. The van der Waals surface area contributed by atoms with E-state index in [4.69, 9.17) is 11.2 Å². The number of carboxylic acids is 1. The minimum Gasteiger partial charge on any atom is -0.492 e. The number of carbonyl (C=O) groups excluding carboxylic acids is 2. The zero-order valence-electron chi connectivity index (χ0n) is 73.0. The summed E-state index contributed by atoms with van der Waals surface area (Å²) in [5, 5.41) is 19.0. The number of ketones is 2. The van der Waals surface area contributed by atoms with Crippen molar-refractivity contribution in [2.24, 2.45) is 5.92 Å². The maximum absolute atomic E-state index is 12.7. The Bertz CT molecular complexity index is 7040. The van der Waals surface area contributed by atoms with E-state index in [1.165, 1.54) is 36.5 Å². The summed E-state index contributed by atoms with van der Waals surface area (Å²) in [4.78, 5) is 81.2. The van der Waals surface area contributed by atoms with Gasteiger partial charge in [-0.2, -0.15) is 39.0 Å². The Morgan fingerprint density at radius 1 is 0.531 bits per heavy atom. The van der Waals surface area contributed by atoms with Crippen molar-refractivity contribution in [3.63, 3.8) is 0 Å². The molecule has 6 aromatic heterocycles. The van der Waals surface area contributed by atoms with Crippen molar-refractivity contribution in [2.75, 3.05) is 37.7 Å². The smallest absolute Gasteiger partial charge is 0.492 e. The molecule has 21 nitrogen and oxygen atoms in total. The van der Waals surface area contributed by atoms with E-state index in [2.05, 4.69) is 176 Å². The maximum atomic E-state index is 12.7. The quantitative estimate of drug-likeness (QED) is 0.0208. The Labute approximate surface area is 766 Å². The number of piperazine rings is 1. The third-order valence-corrected chi connectivity index (χ3v) is 24.2. The van der Waals surface area contributed by atoms with Gasteiger partial charge in [0.05, 0.1) is 6.61 Å². The summed E-state index contributed by atoms with van der Waals surface area (Å²) in [6, 6.07) is 51.3. The number of pyridine rings is 6. The van der Waals surface area contributed by atoms with Gasteiger partial charge in [0.1, 0.15) is 53.1 Å². The average molecular weight is 1920 g/mol. The molecule has 4 N–H and O–H groups in total. The van der Waals surface area contributed by atoms with Gasteiger partial charge in [0.25, 0.3) is 21.3 Å². The van der Waals surface area contributed by atoms with Gasteiger partial charge < -0.3 is 28.9 Å². The van der Waals surface area contributed by atoms with E-state index in [0.717, 1.165) is 86.8 Å². The standard InChI is InChI=1S/C28H30N4O5S.C18H21NOSi.C15H14F3NO3SSi.C14H15NOSi.C13H9NO.C9H6BrNO.V/c1-19(2)26(28(34)35)30-38(36,37)32-16-14-31(15-17-32)24-10-7-21(8-11-24)4-5-22-6-9-23-12-13-29-27(20(3)33)25(23)18-22;1-6-20-14(2)18-17-13-15(10-12-21(3,4)5)7-8-16(17)9-11-19-18;1-24(2,3)9-7-11-4-5-12-6-8-19-14(13(12)10-11)22-23(20,21)15(16,17)18;1-17(2,3)9-7-11-4-5-12-6-8-15-14(16)13(12)10-11;1-3-10-4-5-11-6-7-14-13(9(2)15)12(11)8-10;10-7-2-1-6-3-4-11-9(12)8(6)5-7;/h6-13,18-19,26,30H,14-17H2,1-3H3,(H,34,35);7-9,11,13H,2,6H2,1,3-5H3;4-6,8,10H,1-3H3;4-6,8,10H,1-3H3,(H,15,16);1,4-8H,2H3;1-5H,(H,11,12);/t26-;;;;;;/m1....../s1. The van der Waals surface area contributed by atoms with E-state index < -0.39 is 67.9 Å². The van der Waals surface area contributed by atoms with Gasteiger partial charge in [0, 0.05) is 172 Å². The van der Waals surface area contributed by atoms with Gasteiger partial charge in [0.15, 0.2) is 11.6 Å². The molecule has 128 heavy (non-hydrogen) atoms. The number of halogens is 4. The first kappa shape index (κ1) is 101. The normalized spacial score (nSPS) is 12.2. The molecule has 0 saturated carbocycles. The number of alkyl halides is 3. The molecule has 0 amide bonds. The first-order valence-corrected chi connectivity index (χ1v) is 54.2. The van der Waals surface area contributed by atoms with Crippen molar-refractivity contribution in [1.29, 1.82) is 0 Å². The molecular weight excluding hydrogens is 1820 g/mol. The second-order valence-electron chi connectivity index (χ2n) is 32.4. The zero-order chi connectivity index (χ0) is 92.9. The summed E-state index contributed by atoms with van der Waals surface area (Å²) in [6.45, 7) is 33.8. The maximum Gasteiger partial charge on any atom is 0.534 e. The number of carboxylic acid groups (broad SMARTS) is 1. The molecule has 14 rings (SSSR count). The fraction of sp³-hybridized carbons (Fsp3) is 0.227. The molecule has 0 bridgehead atoms. The summed E-state index contributed by atoms with van der Waals surface area (Å²) < 4.78 is 99.5. The van der Waals surface area contributed by atoms with Gasteiger partial charge in [-0.3, -0.25) is 38.9 Å². The molecule has 13 aromatic rings. The van der Waals surface area contributed by atoms with E-state index in [-0.39, 0.29) is 65.6 Å². The van der Waals surface area contributed by atoms with Gasteiger partial charge in [-0.1, -0.05) is 167 Å². The van der Waals surface area contributed by atoms with Crippen molar-refractivity contribution in [3.8, 4) is 64.5 Å². The van der Waals surface area contributed by atoms with Crippen LogP contribution in [0.3, 0.4) is 0 Å². The summed E-state index contributed by atoms with van der Waals surface area (Å²) in [6.07, 6.45) is 14.9. The van der Waals surface area contributed by atoms with Crippen LogP contribution in [0.4, 0.5) is 18.9 Å². The molecule has 657 valence electrons. The van der Waals surface area contributed by atoms with Crippen LogP contribution >= 0.6 is 15.9 Å². The number of hydrogen-bond donors (Lipinski definition) is 4. The molecule has 1 saturated heterocycles. The number of Topliss-reactive ketones (excluding diaryl/α,β-unsaturated/α-hetero) is 2. The summed E-state index contributed by atoms with van der Waals surface area (Å²) in [7, 11) is -14.1. The average Bonchev–Trinajstić information content (AvgIpc) is 0.802. The van der Waals surface area contributed by atoms with Crippen LogP contribution in [0.2, 0.25) is 58.9 Å². The zero-order valence-corrected chi connectivity index (χ0v) is 80.6. The number of hydrogen-bond acceptors (Lipinski definition) is 16. The molecule has 7 aromatic carbocycles. The summed E-state index contributed by atoms with van der Waals surface area (Å²) in [5.74, 6) is 16.5. The van der Waals surface area contributed by atoms with Crippen molar-refractivity contribution in [1.82, 2.24) is 38.9 Å². The largest absolute Gasteiger partial charge is 0.534 e. The van der Waals surface area contributed by atoms with Gasteiger partial charge in [0.2, 0.25) is 5.88 Å². The van der Waals surface area contributed by atoms with Gasteiger partial charge in [-0.05, 0) is 179 Å². The Hall–Kier alpha value is -12.3. The second kappa shape index (κ2) is 44.4. The van der Waals surface area contributed by atoms with Gasteiger partial charge >= 0.3 is 21.6 Å². The topological polar surface area (TPSA) is 294 Å². The number of anilines is 1. The van der Waals surface area contributed by atoms with E-state index in [1.54, 1.807) is 57.0 Å². The van der Waals surface area contributed by atoms with Gasteiger partial charge in [-0.15, -0.1) is 23.1 Å². The molecule has 0 spiro atoms. The van der Waals surface area contributed by atoms with Crippen LogP contribution < -0.4 is 24.9 Å². The molecule has 31 heteroatoms. The summed E-state index contributed by atoms with van der Waals surface area (Å²) in [5.41, 5.74) is 11.7. The molecular formula is C97H95BrF3N9O12S2Si3V. The third kappa shape index (κ3) is 29.1. The van der Waals surface area contributed by atoms with Crippen LogP contribution in [0.15, 0.2) is 228 Å². The van der Waals surface area contributed by atoms with Crippen molar-refractivity contribution in [3.05, 3.63) is 289 Å². The minimum absolute atomic E-state index is 0. The fourth-order valence-corrected chi connectivity index (χ4v) is 16.0. The molecule has 1 radical (unpaired) electrons. The van der Waals surface area contributed by atoms with Crippen LogP contribution in [0.5, 0.6) is 5.88 Å². The number of aromatic nitrogens is 6. The Morgan fingerprint density at radius 2 is 0.898 bits per heavy atom. The first-order chi connectivity index (χ1) is 59.8. The number of terminal acetylenes is 1. The van der Waals surface area contributed by atoms with Crippen molar-refractivity contribution in [2.45, 2.75) is 105 Å². The second-order valence-corrected chi connectivity index (χ2v) is 50.9. The van der Waals surface area contributed by atoms with Crippen LogP contribution in [0.1, 0.15) is 94.7 Å². The number of carbonyl (C=O) groups is 3. The molecule has 0 aliphatic carbocycles. The Balaban J connectivity index is 0.000000198. The first-order valence-electron chi connectivity index (χ1n) is 40.0. The monoisotopic (exact) mass is 1910 g/mol. The summed E-state index contributed by atoms with van der Waals surface area (Å²) >= 11 is 3.31. The Morgan fingerprint density at radius 3 is 1.32 bits per heavy atom. The molecule has 1 aliphatic heterocycles. The molecule has 1 fully saturated rings. The Kier molecular flexibility index (Phi) is 35.1. The fourth-order valence-electron chi connectivity index (χ4n) is 12.2. The predicted octanol–water partition coefficient (Wildman–Crippen LogP) is 18.5. The van der Waals surface area contributed by atoms with Crippen LogP contribution in [0.25, 0.3) is 70.4 Å². The predicted molar refractivity (Wildman–Crippen MR) is 513 cm³/mol. The number of benzene rings is 7. The molecule has 0 unspecified atom stereocenters. The molecule has 1 aliphatic rings. The van der Waals surface area contributed by atoms with Crippen LogP contribution in [-0.2, 0) is 48.4 Å². The van der Waals surface area contributed by atoms with E-state index in [0.29, 0.717) is 58.6 Å². The molecule has 7 heterocycles. The SMILES string of the molecule is C#Cc1ccc2ccnc(C(C)=O)c2c1.C=C(OCC)c1nccc2ccc(C#C[Si](C)(C)C)cc12.CC(=O)c1nccc2ccc(C#Cc3ccc(N4CCN(S(=O)(=O)N[C@@H](C(=O)O)C(C)C)CC4)cc3)cc12.C[Si](C)(C)C#Cc1ccc2cc[nH]c(=O)c2c1.C[Si](C)(C)C#Cc1ccc2ccnc(OS(=O)(=O)C(F)(F)F)c2c1.O=c1[nH]ccc2ccc(Br)cc12.[V]. The van der Waals surface area contributed by atoms with Crippen LogP contribution in [0, 0.1) is 64.5 Å². The van der Waals surface area contributed by atoms with Crippen LogP contribution in [-0.4, -0.2) is 142 Å². The number of aliphatic carboxylic acids is 1. The number of nitrogens with zero attached hydrogens (tertiary/aromatic N) is 6. The number of aromatic amines is 2. The van der Waals surface area contributed by atoms with E-state index in [1.807, 2.05) is 154 Å². The number of fused-ring (bicyclic) bond motifs is 6. The number of rotatable bonds is 13.